The molecule has 0 fully saturated rings. The first-order valence-electron chi connectivity index (χ1n) is 5.14. The van der Waals surface area contributed by atoms with Crippen molar-refractivity contribution in [3.63, 3.8) is 0 Å². The third-order valence-electron chi connectivity index (χ3n) is 2.94. The molecule has 15 heavy (non-hydrogen) atoms. The summed E-state index contributed by atoms with van der Waals surface area (Å²) in [6.45, 7) is 6.51. The molecule has 0 saturated carbocycles. The second-order valence-corrected chi connectivity index (χ2v) is 7.24. The highest BCUT2D eigenvalue weighted by atomic mass is 32.2. The first kappa shape index (κ1) is 11.2. The summed E-state index contributed by atoms with van der Waals surface area (Å²) in [6.07, 6.45) is 3.80. The van der Waals surface area contributed by atoms with Crippen molar-refractivity contribution < 1.29 is 4.79 Å². The standard InChI is InChI=1S/C12H16OS2/c1-7-8-5-12(2,3)6-9(13)10(8)11(14-4)15-7/h5-6H2,1-4H3. The lowest BCUT2D eigenvalue weighted by Crippen LogP contribution is -2.26. The van der Waals surface area contributed by atoms with Gasteiger partial charge < -0.3 is 0 Å². The summed E-state index contributed by atoms with van der Waals surface area (Å²) in [5, 5.41) is 0. The van der Waals surface area contributed by atoms with Crippen molar-refractivity contribution in [2.75, 3.05) is 6.26 Å². The molecule has 0 amide bonds. The second kappa shape index (κ2) is 3.63. The Morgan fingerprint density at radius 2 is 2.00 bits per heavy atom. The smallest absolute Gasteiger partial charge is 0.165 e. The van der Waals surface area contributed by atoms with E-state index in [0.717, 1.165) is 12.0 Å². The summed E-state index contributed by atoms with van der Waals surface area (Å²) in [4.78, 5) is 13.4. The maximum atomic E-state index is 12.1. The molecule has 1 nitrogen and oxygen atoms in total. The fraction of sp³-hybridized carbons (Fsp3) is 0.583. The molecule has 0 saturated heterocycles. The molecule has 0 aliphatic heterocycles. The molecular formula is C12H16OS2. The molecule has 3 heteroatoms. The summed E-state index contributed by atoms with van der Waals surface area (Å²) in [5.74, 6) is 0.343. The summed E-state index contributed by atoms with van der Waals surface area (Å²) >= 11 is 3.48. The minimum Gasteiger partial charge on any atom is -0.294 e. The van der Waals surface area contributed by atoms with Gasteiger partial charge in [-0.25, -0.2) is 0 Å². The van der Waals surface area contributed by atoms with Gasteiger partial charge in [-0.15, -0.1) is 23.1 Å². The molecule has 0 radical (unpaired) electrons. The van der Waals surface area contributed by atoms with E-state index in [1.807, 2.05) is 0 Å². The van der Waals surface area contributed by atoms with Crippen LogP contribution in [-0.4, -0.2) is 12.0 Å². The number of Topliss-reactive ketones (excluding diaryl/α,β-unsaturated/α-hetero) is 1. The average Bonchev–Trinajstić information content (AvgIpc) is 2.41. The lowest BCUT2D eigenvalue weighted by Gasteiger charge is -2.29. The van der Waals surface area contributed by atoms with Gasteiger partial charge in [0.15, 0.2) is 5.78 Å². The van der Waals surface area contributed by atoms with Crippen molar-refractivity contribution in [3.8, 4) is 0 Å². The van der Waals surface area contributed by atoms with E-state index in [1.54, 1.807) is 23.1 Å². The van der Waals surface area contributed by atoms with E-state index in [-0.39, 0.29) is 5.41 Å². The van der Waals surface area contributed by atoms with E-state index < -0.39 is 0 Å². The minimum absolute atomic E-state index is 0.144. The number of ketones is 1. The van der Waals surface area contributed by atoms with E-state index in [4.69, 9.17) is 0 Å². The van der Waals surface area contributed by atoms with Crippen LogP contribution < -0.4 is 0 Å². The van der Waals surface area contributed by atoms with Gasteiger partial charge in [-0.3, -0.25) is 4.79 Å². The predicted octanol–water partition coefficient (Wildman–Crippen LogP) is 3.93. The van der Waals surface area contributed by atoms with Crippen LogP contribution in [0, 0.1) is 12.3 Å². The van der Waals surface area contributed by atoms with Gasteiger partial charge in [-0.1, -0.05) is 13.8 Å². The lowest BCUT2D eigenvalue weighted by molar-refractivity contribution is 0.0910. The molecule has 1 aromatic heterocycles. The number of fused-ring (bicyclic) bond motifs is 1. The maximum Gasteiger partial charge on any atom is 0.165 e. The summed E-state index contributed by atoms with van der Waals surface area (Å²) in [6, 6.07) is 0. The number of thioether (sulfide) groups is 1. The molecule has 1 aliphatic carbocycles. The van der Waals surface area contributed by atoms with Crippen LogP contribution in [0.3, 0.4) is 0 Å². The van der Waals surface area contributed by atoms with Crippen molar-refractivity contribution in [3.05, 3.63) is 16.0 Å². The normalized spacial score (nSPS) is 19.1. The Morgan fingerprint density at radius 1 is 1.33 bits per heavy atom. The van der Waals surface area contributed by atoms with Crippen molar-refractivity contribution in [2.45, 2.75) is 37.8 Å². The van der Waals surface area contributed by atoms with Crippen molar-refractivity contribution in [1.82, 2.24) is 0 Å². The molecule has 0 aromatic carbocycles. The first-order chi connectivity index (χ1) is 6.94. The molecule has 0 spiro atoms. The van der Waals surface area contributed by atoms with Crippen LogP contribution in [0.1, 0.15) is 41.1 Å². The summed E-state index contributed by atoms with van der Waals surface area (Å²) < 4.78 is 1.21. The van der Waals surface area contributed by atoms with E-state index in [0.29, 0.717) is 12.2 Å². The fourth-order valence-electron chi connectivity index (χ4n) is 2.25. The van der Waals surface area contributed by atoms with Crippen LogP contribution in [-0.2, 0) is 6.42 Å². The molecule has 1 aliphatic rings. The van der Waals surface area contributed by atoms with Gasteiger partial charge in [0.25, 0.3) is 0 Å². The molecule has 0 N–H and O–H groups in total. The molecule has 82 valence electrons. The van der Waals surface area contributed by atoms with Crippen LogP contribution in [0.5, 0.6) is 0 Å². The number of hydrogen-bond donors (Lipinski definition) is 0. The summed E-state index contributed by atoms with van der Waals surface area (Å²) in [5.41, 5.74) is 2.49. The van der Waals surface area contributed by atoms with Gasteiger partial charge in [0, 0.05) is 16.9 Å². The van der Waals surface area contributed by atoms with Gasteiger partial charge in [-0.2, -0.15) is 0 Å². The third kappa shape index (κ3) is 1.87. The van der Waals surface area contributed by atoms with Crippen LogP contribution >= 0.6 is 23.1 Å². The van der Waals surface area contributed by atoms with Crippen molar-refractivity contribution in [2.24, 2.45) is 5.41 Å². The highest BCUT2D eigenvalue weighted by molar-refractivity contribution is 8.00. The zero-order valence-electron chi connectivity index (χ0n) is 9.64. The SMILES string of the molecule is CSc1sc(C)c2c1C(=O)CC(C)(C)C2. The van der Waals surface area contributed by atoms with Crippen LogP contribution in [0.15, 0.2) is 4.21 Å². The molecule has 2 rings (SSSR count). The van der Waals surface area contributed by atoms with E-state index in [9.17, 15) is 4.79 Å². The Balaban J connectivity index is 2.56. The monoisotopic (exact) mass is 240 g/mol. The van der Waals surface area contributed by atoms with Gasteiger partial charge in [0.2, 0.25) is 0 Å². The van der Waals surface area contributed by atoms with Gasteiger partial charge in [0.1, 0.15) is 0 Å². The van der Waals surface area contributed by atoms with E-state index >= 15 is 0 Å². The van der Waals surface area contributed by atoms with Crippen LogP contribution in [0.25, 0.3) is 0 Å². The van der Waals surface area contributed by atoms with E-state index in [1.165, 1.54) is 14.6 Å². The quantitative estimate of drug-likeness (QED) is 0.692. The summed E-state index contributed by atoms with van der Waals surface area (Å²) in [7, 11) is 0. The number of thiophene rings is 1. The van der Waals surface area contributed by atoms with Gasteiger partial charge in [-0.05, 0) is 30.6 Å². The molecule has 0 bridgehead atoms. The lowest BCUT2D eigenvalue weighted by atomic mass is 9.74. The fourth-order valence-corrected chi connectivity index (χ4v) is 4.32. The highest BCUT2D eigenvalue weighted by Gasteiger charge is 2.34. The Morgan fingerprint density at radius 3 is 2.60 bits per heavy atom. The molecule has 1 aromatic rings. The molecule has 1 heterocycles. The zero-order valence-corrected chi connectivity index (χ0v) is 11.3. The predicted molar refractivity (Wildman–Crippen MR) is 67.3 cm³/mol. The zero-order chi connectivity index (χ0) is 11.2. The van der Waals surface area contributed by atoms with E-state index in [2.05, 4.69) is 27.0 Å². The molecule has 0 unspecified atom stereocenters. The number of aryl methyl sites for hydroxylation is 1. The molecule has 0 atom stereocenters. The number of carbonyl (C=O) groups is 1. The average molecular weight is 240 g/mol. The topological polar surface area (TPSA) is 17.1 Å². The van der Waals surface area contributed by atoms with Crippen LogP contribution in [0.4, 0.5) is 0 Å². The maximum absolute atomic E-state index is 12.1. The van der Waals surface area contributed by atoms with Gasteiger partial charge >= 0.3 is 0 Å². The first-order valence-corrected chi connectivity index (χ1v) is 7.18. The van der Waals surface area contributed by atoms with Crippen molar-refractivity contribution >= 4 is 28.9 Å². The second-order valence-electron chi connectivity index (χ2n) is 4.94. The largest absolute Gasteiger partial charge is 0.294 e. The Hall–Kier alpha value is -0.280. The van der Waals surface area contributed by atoms with Crippen LogP contribution in [0.2, 0.25) is 0 Å². The Kier molecular flexibility index (Phi) is 2.72. The number of rotatable bonds is 1. The van der Waals surface area contributed by atoms with Gasteiger partial charge in [0.05, 0.1) is 4.21 Å². The third-order valence-corrected chi connectivity index (χ3v) is 5.20. The Labute approximate surface area is 99.3 Å². The molecular weight excluding hydrogens is 224 g/mol. The highest BCUT2D eigenvalue weighted by Crippen LogP contribution is 2.43. The number of hydrogen-bond acceptors (Lipinski definition) is 3. The minimum atomic E-state index is 0.144. The number of carbonyl (C=O) groups excluding carboxylic acids is 1. The Bertz CT molecular complexity index is 416. The van der Waals surface area contributed by atoms with Crippen molar-refractivity contribution in [1.29, 1.82) is 0 Å².